The summed E-state index contributed by atoms with van der Waals surface area (Å²) in [7, 11) is 0. The van der Waals surface area contributed by atoms with E-state index in [-0.39, 0.29) is 0 Å². The summed E-state index contributed by atoms with van der Waals surface area (Å²) in [5, 5.41) is 3.42. The first-order chi connectivity index (χ1) is 8.72. The summed E-state index contributed by atoms with van der Waals surface area (Å²) in [6.07, 6.45) is 4.25. The molecule has 1 aliphatic rings. The van der Waals surface area contributed by atoms with Gasteiger partial charge in [-0.25, -0.2) is 0 Å². The maximum Gasteiger partial charge on any atom is 0.0843 e. The first kappa shape index (κ1) is 14.7. The van der Waals surface area contributed by atoms with Crippen LogP contribution in [0.1, 0.15) is 23.8 Å². The molecule has 2 heterocycles. The molecular weight excluding hydrogens is 376 g/mol. The minimum Gasteiger partial charge on any atom is -0.314 e. The van der Waals surface area contributed by atoms with Crippen LogP contribution < -0.4 is 5.32 Å². The summed E-state index contributed by atoms with van der Waals surface area (Å²) in [6, 6.07) is 2.78. The Bertz CT molecular complexity index is 380. The molecule has 1 saturated heterocycles. The van der Waals surface area contributed by atoms with Crippen molar-refractivity contribution < 1.29 is 0 Å². The normalized spacial score (nSPS) is 18.8. The largest absolute Gasteiger partial charge is 0.314 e. The molecule has 1 aromatic heterocycles. The average molecular weight is 394 g/mol. The minimum absolute atomic E-state index is 0.526. The standard InChI is InChI=1S/C13H18Br2N2S/c1-2-3-4-11(17-7-5-16-6-8-17)12-9-10(14)13(15)18-12/h2,9,11,16H,1,3-8H2/t11-/m1/s1. The Morgan fingerprint density at radius 2 is 2.17 bits per heavy atom. The lowest BCUT2D eigenvalue weighted by Crippen LogP contribution is -2.45. The number of nitrogens with zero attached hydrogens (tertiary/aromatic N) is 1. The highest BCUT2D eigenvalue weighted by Crippen LogP contribution is 2.39. The van der Waals surface area contributed by atoms with Crippen LogP contribution in [0.2, 0.25) is 0 Å². The maximum absolute atomic E-state index is 3.85. The van der Waals surface area contributed by atoms with E-state index in [9.17, 15) is 0 Å². The second kappa shape index (κ2) is 7.20. The fourth-order valence-corrected chi connectivity index (χ4v) is 4.56. The zero-order chi connectivity index (χ0) is 13.0. The lowest BCUT2D eigenvalue weighted by Gasteiger charge is -2.34. The Balaban J connectivity index is 2.14. The highest BCUT2D eigenvalue weighted by atomic mass is 79.9. The predicted octanol–water partition coefficient (Wildman–Crippen LogP) is 4.19. The Labute approximate surface area is 130 Å². The van der Waals surface area contributed by atoms with Crippen molar-refractivity contribution in [3.63, 3.8) is 0 Å². The second-order valence-corrected chi connectivity index (χ2v) is 7.69. The smallest absolute Gasteiger partial charge is 0.0843 e. The van der Waals surface area contributed by atoms with Gasteiger partial charge in [0.05, 0.1) is 3.79 Å². The molecule has 0 aliphatic carbocycles. The predicted molar refractivity (Wildman–Crippen MR) is 86.3 cm³/mol. The molecule has 2 rings (SSSR count). The van der Waals surface area contributed by atoms with Gasteiger partial charge in [-0.3, -0.25) is 4.90 Å². The van der Waals surface area contributed by atoms with Gasteiger partial charge >= 0.3 is 0 Å². The van der Waals surface area contributed by atoms with E-state index >= 15 is 0 Å². The van der Waals surface area contributed by atoms with Gasteiger partial charge in [-0.2, -0.15) is 0 Å². The van der Waals surface area contributed by atoms with Gasteiger partial charge in [0.25, 0.3) is 0 Å². The van der Waals surface area contributed by atoms with Gasteiger partial charge in [0, 0.05) is 41.6 Å². The van der Waals surface area contributed by atoms with E-state index in [1.807, 2.05) is 17.4 Å². The molecule has 5 heteroatoms. The maximum atomic E-state index is 3.85. The lowest BCUT2D eigenvalue weighted by molar-refractivity contribution is 0.168. The molecule has 0 bridgehead atoms. The number of nitrogens with one attached hydrogen (secondary N) is 1. The van der Waals surface area contributed by atoms with Crippen molar-refractivity contribution in [2.24, 2.45) is 0 Å². The molecule has 1 aromatic rings. The molecule has 0 unspecified atom stereocenters. The fraction of sp³-hybridized carbons (Fsp3) is 0.538. The van der Waals surface area contributed by atoms with Crippen LogP contribution in [-0.4, -0.2) is 31.1 Å². The van der Waals surface area contributed by atoms with Gasteiger partial charge in [-0.15, -0.1) is 17.9 Å². The summed E-state index contributed by atoms with van der Waals surface area (Å²) in [5.74, 6) is 0. The molecule has 18 heavy (non-hydrogen) atoms. The molecule has 2 nitrogen and oxygen atoms in total. The van der Waals surface area contributed by atoms with E-state index in [2.05, 4.69) is 54.7 Å². The van der Waals surface area contributed by atoms with Crippen molar-refractivity contribution in [3.05, 3.63) is 31.9 Å². The molecule has 1 aliphatic heterocycles. The van der Waals surface area contributed by atoms with Gasteiger partial charge in [0.1, 0.15) is 0 Å². The van der Waals surface area contributed by atoms with E-state index < -0.39 is 0 Å². The molecule has 0 amide bonds. The SMILES string of the molecule is C=CCC[C@H](c1cc(Br)c(Br)s1)N1CCNCC1. The van der Waals surface area contributed by atoms with Gasteiger partial charge in [-0.05, 0) is 50.8 Å². The number of hydrogen-bond acceptors (Lipinski definition) is 3. The molecule has 1 N–H and O–H groups in total. The quantitative estimate of drug-likeness (QED) is 0.754. The molecular formula is C13H18Br2N2S. The fourth-order valence-electron chi connectivity index (χ4n) is 2.30. The molecule has 0 radical (unpaired) electrons. The number of piperazine rings is 1. The summed E-state index contributed by atoms with van der Waals surface area (Å²) >= 11 is 9.03. The average Bonchev–Trinajstić information content (AvgIpc) is 2.71. The Morgan fingerprint density at radius 3 is 2.72 bits per heavy atom. The monoisotopic (exact) mass is 392 g/mol. The van der Waals surface area contributed by atoms with Gasteiger partial charge in [0.2, 0.25) is 0 Å². The van der Waals surface area contributed by atoms with Gasteiger partial charge in [0.15, 0.2) is 0 Å². The molecule has 1 fully saturated rings. The van der Waals surface area contributed by atoms with Crippen LogP contribution in [0.4, 0.5) is 0 Å². The van der Waals surface area contributed by atoms with Crippen molar-refractivity contribution >= 4 is 43.2 Å². The zero-order valence-electron chi connectivity index (χ0n) is 10.3. The molecule has 100 valence electrons. The number of allylic oxidation sites excluding steroid dienone is 1. The van der Waals surface area contributed by atoms with Gasteiger partial charge in [-0.1, -0.05) is 6.08 Å². The molecule has 0 spiro atoms. The third-order valence-corrected chi connectivity index (χ3v) is 6.59. The lowest BCUT2D eigenvalue weighted by atomic mass is 10.1. The Hall–Kier alpha value is 0.320. The van der Waals surface area contributed by atoms with E-state index in [1.165, 1.54) is 13.1 Å². The van der Waals surface area contributed by atoms with Crippen molar-refractivity contribution in [2.75, 3.05) is 26.2 Å². The highest BCUT2D eigenvalue weighted by molar-refractivity contribution is 9.13. The van der Waals surface area contributed by atoms with E-state index in [4.69, 9.17) is 0 Å². The van der Waals surface area contributed by atoms with Gasteiger partial charge < -0.3 is 5.32 Å². The van der Waals surface area contributed by atoms with Crippen molar-refractivity contribution in [2.45, 2.75) is 18.9 Å². The van der Waals surface area contributed by atoms with Crippen LogP contribution in [-0.2, 0) is 0 Å². The number of rotatable bonds is 5. The van der Waals surface area contributed by atoms with Crippen molar-refractivity contribution in [1.82, 2.24) is 10.2 Å². The summed E-state index contributed by atoms with van der Waals surface area (Å²) < 4.78 is 2.36. The first-order valence-electron chi connectivity index (χ1n) is 6.22. The van der Waals surface area contributed by atoms with E-state index in [1.54, 1.807) is 0 Å². The number of thiophene rings is 1. The third-order valence-electron chi connectivity index (χ3n) is 3.23. The van der Waals surface area contributed by atoms with Crippen LogP contribution in [0.25, 0.3) is 0 Å². The van der Waals surface area contributed by atoms with E-state index in [0.29, 0.717) is 6.04 Å². The minimum atomic E-state index is 0.526. The van der Waals surface area contributed by atoms with Crippen molar-refractivity contribution in [3.8, 4) is 0 Å². The second-order valence-electron chi connectivity index (χ2n) is 4.44. The van der Waals surface area contributed by atoms with Crippen LogP contribution in [0.3, 0.4) is 0 Å². The van der Waals surface area contributed by atoms with Crippen LogP contribution >= 0.6 is 43.2 Å². The Kier molecular flexibility index (Phi) is 5.89. The highest BCUT2D eigenvalue weighted by Gasteiger charge is 2.23. The molecule has 0 saturated carbocycles. The molecule has 0 aromatic carbocycles. The van der Waals surface area contributed by atoms with Crippen molar-refractivity contribution in [1.29, 1.82) is 0 Å². The van der Waals surface area contributed by atoms with Crippen LogP contribution in [0, 0.1) is 0 Å². The molecule has 1 atom stereocenters. The topological polar surface area (TPSA) is 15.3 Å². The summed E-state index contributed by atoms with van der Waals surface area (Å²) in [4.78, 5) is 4.03. The number of hydrogen-bond donors (Lipinski definition) is 1. The van der Waals surface area contributed by atoms with Crippen LogP contribution in [0.5, 0.6) is 0 Å². The number of halogens is 2. The summed E-state index contributed by atoms with van der Waals surface area (Å²) in [6.45, 7) is 8.31. The van der Waals surface area contributed by atoms with Crippen LogP contribution in [0.15, 0.2) is 27.0 Å². The Morgan fingerprint density at radius 1 is 1.44 bits per heavy atom. The summed E-state index contributed by atoms with van der Waals surface area (Å²) in [5.41, 5.74) is 0. The van der Waals surface area contributed by atoms with E-state index in [0.717, 1.165) is 39.0 Å². The third kappa shape index (κ3) is 3.67. The first-order valence-corrected chi connectivity index (χ1v) is 8.63. The zero-order valence-corrected chi connectivity index (χ0v) is 14.3.